The fraction of sp³-hybridized carbons (Fsp3) is 0.333. The molecule has 112 valence electrons. The number of carbonyl (C=O) groups excluding carboxylic acids is 2. The van der Waals surface area contributed by atoms with E-state index in [-0.39, 0.29) is 19.1 Å². The Bertz CT molecular complexity index is 621. The first-order valence-corrected chi connectivity index (χ1v) is 6.84. The van der Waals surface area contributed by atoms with E-state index in [0.717, 1.165) is 16.5 Å². The van der Waals surface area contributed by atoms with Gasteiger partial charge in [-0.2, -0.15) is 0 Å². The number of aromatic nitrogens is 1. The van der Waals surface area contributed by atoms with Crippen molar-refractivity contribution in [2.24, 2.45) is 5.73 Å². The molecule has 0 bridgehead atoms. The molecule has 1 heterocycles. The summed E-state index contributed by atoms with van der Waals surface area (Å²) >= 11 is 0. The monoisotopic (exact) mass is 289 g/mol. The van der Waals surface area contributed by atoms with Gasteiger partial charge >= 0.3 is 0 Å². The van der Waals surface area contributed by atoms with Crippen LogP contribution in [-0.2, 0) is 20.7 Å². The van der Waals surface area contributed by atoms with Crippen LogP contribution in [0.25, 0.3) is 10.9 Å². The Balaban J connectivity index is 1.70. The predicted octanol–water partition coefficient (Wildman–Crippen LogP) is 0.719. The number of para-hydroxylation sites is 1. The van der Waals surface area contributed by atoms with Gasteiger partial charge in [-0.05, 0) is 18.1 Å². The van der Waals surface area contributed by atoms with Crippen LogP contribution in [-0.4, -0.2) is 36.6 Å². The van der Waals surface area contributed by atoms with Crippen molar-refractivity contribution in [3.8, 4) is 0 Å². The zero-order valence-electron chi connectivity index (χ0n) is 11.7. The van der Waals surface area contributed by atoms with E-state index in [0.29, 0.717) is 19.4 Å². The van der Waals surface area contributed by atoms with Gasteiger partial charge in [0.2, 0.25) is 11.8 Å². The summed E-state index contributed by atoms with van der Waals surface area (Å²) in [6, 6.07) is 8.00. The van der Waals surface area contributed by atoms with E-state index in [1.807, 2.05) is 30.5 Å². The number of benzene rings is 1. The fourth-order valence-corrected chi connectivity index (χ4v) is 2.11. The number of nitrogens with two attached hydrogens (primary N) is 1. The van der Waals surface area contributed by atoms with Crippen LogP contribution in [0.2, 0.25) is 0 Å². The topological polar surface area (TPSA) is 97.2 Å². The molecule has 4 N–H and O–H groups in total. The van der Waals surface area contributed by atoms with Crippen LogP contribution in [0.1, 0.15) is 12.0 Å². The van der Waals surface area contributed by atoms with E-state index < -0.39 is 5.91 Å². The van der Waals surface area contributed by atoms with Gasteiger partial charge in [0.05, 0.1) is 6.61 Å². The molecule has 0 aliphatic rings. The molecule has 6 nitrogen and oxygen atoms in total. The van der Waals surface area contributed by atoms with Crippen molar-refractivity contribution < 1.29 is 14.3 Å². The highest BCUT2D eigenvalue weighted by Gasteiger charge is 2.06. The molecule has 0 aliphatic carbocycles. The van der Waals surface area contributed by atoms with Crippen molar-refractivity contribution >= 4 is 22.7 Å². The lowest BCUT2D eigenvalue weighted by Gasteiger charge is -2.05. The number of primary amides is 1. The van der Waals surface area contributed by atoms with Gasteiger partial charge in [0.1, 0.15) is 6.61 Å². The maximum Gasteiger partial charge on any atom is 0.243 e. The second-order valence-corrected chi connectivity index (χ2v) is 4.73. The third-order valence-corrected chi connectivity index (χ3v) is 3.11. The minimum absolute atomic E-state index is 0.0389. The first kappa shape index (κ1) is 15.1. The van der Waals surface area contributed by atoms with Crippen LogP contribution in [0.15, 0.2) is 30.5 Å². The lowest BCUT2D eigenvalue weighted by molar-refractivity contribution is -0.122. The SMILES string of the molecule is NC(=O)COCCNC(=O)CCc1c[nH]c2ccccc12. The molecule has 6 heteroatoms. The molecule has 0 atom stereocenters. The maximum atomic E-state index is 11.7. The molecular formula is C15H19N3O3. The molecule has 0 aliphatic heterocycles. The number of amides is 2. The number of hydrogen-bond acceptors (Lipinski definition) is 3. The van der Waals surface area contributed by atoms with Crippen molar-refractivity contribution in [2.75, 3.05) is 19.8 Å². The third-order valence-electron chi connectivity index (χ3n) is 3.11. The Hall–Kier alpha value is -2.34. The quantitative estimate of drug-likeness (QED) is 0.625. The zero-order chi connectivity index (χ0) is 15.1. The van der Waals surface area contributed by atoms with E-state index in [9.17, 15) is 9.59 Å². The number of nitrogens with one attached hydrogen (secondary N) is 2. The highest BCUT2D eigenvalue weighted by Crippen LogP contribution is 2.18. The molecule has 21 heavy (non-hydrogen) atoms. The van der Waals surface area contributed by atoms with Crippen LogP contribution < -0.4 is 11.1 Å². The standard InChI is InChI=1S/C15H19N3O3/c16-14(19)10-21-8-7-17-15(20)6-5-11-9-18-13-4-2-1-3-12(11)13/h1-4,9,18H,5-8,10H2,(H2,16,19)(H,17,20). The molecule has 0 unspecified atom stereocenters. The van der Waals surface area contributed by atoms with E-state index >= 15 is 0 Å². The first-order valence-electron chi connectivity index (χ1n) is 6.84. The molecule has 0 radical (unpaired) electrons. The van der Waals surface area contributed by atoms with Gasteiger partial charge in [-0.25, -0.2) is 0 Å². The Labute approximate surface area is 122 Å². The van der Waals surface area contributed by atoms with Crippen LogP contribution in [0, 0.1) is 0 Å². The number of hydrogen-bond donors (Lipinski definition) is 3. The number of fused-ring (bicyclic) bond motifs is 1. The third kappa shape index (κ3) is 4.61. The number of carbonyl (C=O) groups is 2. The molecular weight excluding hydrogens is 270 g/mol. The lowest BCUT2D eigenvalue weighted by Crippen LogP contribution is -2.28. The molecule has 1 aromatic heterocycles. The fourth-order valence-electron chi connectivity index (χ4n) is 2.11. The van der Waals surface area contributed by atoms with Gasteiger partial charge in [0.15, 0.2) is 0 Å². The van der Waals surface area contributed by atoms with E-state index in [4.69, 9.17) is 10.5 Å². The average molecular weight is 289 g/mol. The van der Waals surface area contributed by atoms with Crippen LogP contribution in [0.3, 0.4) is 0 Å². The van der Waals surface area contributed by atoms with Crippen molar-refractivity contribution in [1.29, 1.82) is 0 Å². The Morgan fingerprint density at radius 2 is 2.10 bits per heavy atom. The zero-order valence-corrected chi connectivity index (χ0v) is 11.7. The Morgan fingerprint density at radius 3 is 2.90 bits per heavy atom. The van der Waals surface area contributed by atoms with Gasteiger partial charge in [-0.1, -0.05) is 18.2 Å². The van der Waals surface area contributed by atoms with E-state index in [1.165, 1.54) is 0 Å². The minimum atomic E-state index is -0.513. The number of aromatic amines is 1. The normalized spacial score (nSPS) is 10.7. The summed E-state index contributed by atoms with van der Waals surface area (Å²) in [5.41, 5.74) is 7.13. The van der Waals surface area contributed by atoms with Crippen LogP contribution >= 0.6 is 0 Å². The van der Waals surface area contributed by atoms with Gasteiger partial charge in [-0.3, -0.25) is 9.59 Å². The molecule has 0 fully saturated rings. The largest absolute Gasteiger partial charge is 0.370 e. The number of aryl methyl sites for hydroxylation is 1. The van der Waals surface area contributed by atoms with Gasteiger partial charge in [-0.15, -0.1) is 0 Å². The molecule has 1 aromatic carbocycles. The van der Waals surface area contributed by atoms with Gasteiger partial charge < -0.3 is 20.8 Å². The second-order valence-electron chi connectivity index (χ2n) is 4.73. The summed E-state index contributed by atoms with van der Waals surface area (Å²) in [5, 5.41) is 3.89. The summed E-state index contributed by atoms with van der Waals surface area (Å²) in [4.78, 5) is 25.3. The van der Waals surface area contributed by atoms with E-state index in [2.05, 4.69) is 10.3 Å². The predicted molar refractivity (Wildman–Crippen MR) is 79.6 cm³/mol. The number of rotatable bonds is 8. The highest BCUT2D eigenvalue weighted by molar-refractivity contribution is 5.84. The van der Waals surface area contributed by atoms with Crippen LogP contribution in [0.4, 0.5) is 0 Å². The summed E-state index contributed by atoms with van der Waals surface area (Å²) in [6.07, 6.45) is 3.03. The highest BCUT2D eigenvalue weighted by atomic mass is 16.5. The minimum Gasteiger partial charge on any atom is -0.370 e. The summed E-state index contributed by atoms with van der Waals surface area (Å²) in [7, 11) is 0. The molecule has 0 saturated heterocycles. The second kappa shape index (κ2) is 7.44. The Kier molecular flexibility index (Phi) is 5.34. The van der Waals surface area contributed by atoms with Gasteiger partial charge in [0, 0.05) is 30.1 Å². The summed E-state index contributed by atoms with van der Waals surface area (Å²) < 4.78 is 4.96. The van der Waals surface area contributed by atoms with Crippen LogP contribution in [0.5, 0.6) is 0 Å². The van der Waals surface area contributed by atoms with Crippen molar-refractivity contribution in [3.63, 3.8) is 0 Å². The van der Waals surface area contributed by atoms with Crippen molar-refractivity contribution in [2.45, 2.75) is 12.8 Å². The van der Waals surface area contributed by atoms with E-state index in [1.54, 1.807) is 0 Å². The summed E-state index contributed by atoms with van der Waals surface area (Å²) in [5.74, 6) is -0.552. The van der Waals surface area contributed by atoms with Crippen molar-refractivity contribution in [1.82, 2.24) is 10.3 Å². The first-order chi connectivity index (χ1) is 10.2. The number of H-pyrrole nitrogens is 1. The van der Waals surface area contributed by atoms with Gasteiger partial charge in [0.25, 0.3) is 0 Å². The Morgan fingerprint density at radius 1 is 1.29 bits per heavy atom. The molecule has 2 amide bonds. The molecule has 2 rings (SSSR count). The number of ether oxygens (including phenoxy) is 1. The average Bonchev–Trinajstić information content (AvgIpc) is 2.87. The smallest absolute Gasteiger partial charge is 0.243 e. The van der Waals surface area contributed by atoms with Crippen molar-refractivity contribution in [3.05, 3.63) is 36.0 Å². The maximum absolute atomic E-state index is 11.7. The molecule has 2 aromatic rings. The molecule has 0 saturated carbocycles. The molecule has 0 spiro atoms. The lowest BCUT2D eigenvalue weighted by atomic mass is 10.1. The summed E-state index contributed by atoms with van der Waals surface area (Å²) in [6.45, 7) is 0.535.